The van der Waals surface area contributed by atoms with Gasteiger partial charge in [0, 0.05) is 5.57 Å². The van der Waals surface area contributed by atoms with Gasteiger partial charge >= 0.3 is 0 Å². The number of fused-ring (bicyclic) bond motifs is 5. The van der Waals surface area contributed by atoms with Crippen LogP contribution in [0, 0.1) is 34.5 Å². The van der Waals surface area contributed by atoms with E-state index in [0.29, 0.717) is 17.3 Å². The lowest BCUT2D eigenvalue weighted by atomic mass is 9.44. The Hall–Kier alpha value is -0.560. The van der Waals surface area contributed by atoms with Crippen LogP contribution in [0.3, 0.4) is 0 Å². The molecule has 2 nitrogen and oxygen atoms in total. The third-order valence-corrected chi connectivity index (χ3v) is 8.71. The standard InChI is InChI=1S/C21H32O2/c1-4-13-15-6-5-14-16-7-8-19(23)21(16,3)11-9-17(14)20(15,2)12-10-18(13)22/h14-19,22-23H,1,5-12H2,2-3H3/t14-,15?,16-,17-,18?,19?,20-,21-/m0/s1. The highest BCUT2D eigenvalue weighted by Gasteiger charge is 2.60. The first-order chi connectivity index (χ1) is 10.9. The summed E-state index contributed by atoms with van der Waals surface area (Å²) in [6.45, 7) is 8.70. The van der Waals surface area contributed by atoms with Crippen LogP contribution < -0.4 is 0 Å². The van der Waals surface area contributed by atoms with Gasteiger partial charge in [-0.15, -0.1) is 5.73 Å². The second-order valence-electron chi connectivity index (χ2n) is 9.34. The van der Waals surface area contributed by atoms with Gasteiger partial charge in [0.15, 0.2) is 0 Å². The van der Waals surface area contributed by atoms with Crippen LogP contribution in [-0.2, 0) is 0 Å². The SMILES string of the molecule is C=C=C1C(O)CC[C@@]2(C)C1CC[C@@H]1[C@@H]2CC[C@]2(C)C(O)CC[C@@H]12. The van der Waals surface area contributed by atoms with E-state index >= 15 is 0 Å². The maximum absolute atomic E-state index is 10.5. The van der Waals surface area contributed by atoms with Crippen LogP contribution in [-0.4, -0.2) is 22.4 Å². The van der Waals surface area contributed by atoms with E-state index in [1.165, 1.54) is 32.1 Å². The summed E-state index contributed by atoms with van der Waals surface area (Å²) in [6, 6.07) is 0. The molecule has 128 valence electrons. The summed E-state index contributed by atoms with van der Waals surface area (Å²) in [5.41, 5.74) is 4.67. The first-order valence-corrected chi connectivity index (χ1v) is 9.68. The van der Waals surface area contributed by atoms with Crippen molar-refractivity contribution in [2.45, 2.75) is 77.4 Å². The van der Waals surface area contributed by atoms with E-state index in [1.54, 1.807) is 0 Å². The van der Waals surface area contributed by atoms with Crippen LogP contribution in [0.2, 0.25) is 0 Å². The minimum atomic E-state index is -0.315. The van der Waals surface area contributed by atoms with Gasteiger partial charge in [0.2, 0.25) is 0 Å². The maximum atomic E-state index is 10.5. The Bertz CT molecular complexity index is 548. The lowest BCUT2D eigenvalue weighted by Gasteiger charge is -2.60. The van der Waals surface area contributed by atoms with Gasteiger partial charge in [-0.25, -0.2) is 0 Å². The zero-order chi connectivity index (χ0) is 16.4. The lowest BCUT2D eigenvalue weighted by Crippen LogP contribution is -2.55. The molecule has 4 fully saturated rings. The molecule has 0 bridgehead atoms. The number of rotatable bonds is 0. The Morgan fingerprint density at radius 3 is 2.35 bits per heavy atom. The van der Waals surface area contributed by atoms with E-state index in [2.05, 4.69) is 26.2 Å². The summed E-state index contributed by atoms with van der Waals surface area (Å²) in [4.78, 5) is 0. The first-order valence-electron chi connectivity index (χ1n) is 9.68. The highest BCUT2D eigenvalue weighted by atomic mass is 16.3. The fraction of sp³-hybridized carbons (Fsp3) is 0.857. The number of aliphatic hydroxyl groups excluding tert-OH is 2. The Balaban J connectivity index is 1.68. The van der Waals surface area contributed by atoms with Gasteiger partial charge in [-0.1, -0.05) is 20.4 Å². The average Bonchev–Trinajstić information content (AvgIpc) is 2.83. The molecule has 4 aliphatic carbocycles. The normalized spacial score (nSPS) is 55.6. The summed E-state index contributed by atoms with van der Waals surface area (Å²) in [6.07, 6.45) is 8.69. The van der Waals surface area contributed by atoms with Crippen LogP contribution in [0.4, 0.5) is 0 Å². The van der Waals surface area contributed by atoms with E-state index in [1.807, 2.05) is 0 Å². The number of hydrogen-bond donors (Lipinski definition) is 2. The molecule has 4 aliphatic rings. The van der Waals surface area contributed by atoms with Gasteiger partial charge in [0.25, 0.3) is 0 Å². The predicted octanol–water partition coefficient (Wildman–Crippen LogP) is 4.07. The van der Waals surface area contributed by atoms with Crippen LogP contribution in [0.5, 0.6) is 0 Å². The van der Waals surface area contributed by atoms with Gasteiger partial charge in [-0.3, -0.25) is 0 Å². The van der Waals surface area contributed by atoms with Crippen molar-refractivity contribution in [3.63, 3.8) is 0 Å². The summed E-state index contributed by atoms with van der Waals surface area (Å²) in [7, 11) is 0. The smallest absolute Gasteiger partial charge is 0.0826 e. The van der Waals surface area contributed by atoms with Crippen LogP contribution in [0.25, 0.3) is 0 Å². The Kier molecular flexibility index (Phi) is 3.61. The zero-order valence-electron chi connectivity index (χ0n) is 14.7. The molecule has 0 saturated heterocycles. The topological polar surface area (TPSA) is 40.5 Å². The van der Waals surface area contributed by atoms with Gasteiger partial charge < -0.3 is 10.2 Å². The van der Waals surface area contributed by atoms with Gasteiger partial charge in [0.05, 0.1) is 12.2 Å². The largest absolute Gasteiger partial charge is 0.393 e. The molecule has 0 aromatic carbocycles. The summed E-state index contributed by atoms with van der Waals surface area (Å²) in [5, 5.41) is 20.9. The van der Waals surface area contributed by atoms with Crippen molar-refractivity contribution in [2.24, 2.45) is 34.5 Å². The molecule has 2 N–H and O–H groups in total. The molecule has 0 spiro atoms. The van der Waals surface area contributed by atoms with E-state index in [9.17, 15) is 10.2 Å². The zero-order valence-corrected chi connectivity index (χ0v) is 14.7. The van der Waals surface area contributed by atoms with Crippen molar-refractivity contribution in [1.82, 2.24) is 0 Å². The Morgan fingerprint density at radius 2 is 1.61 bits per heavy atom. The van der Waals surface area contributed by atoms with Gasteiger partial charge in [-0.2, -0.15) is 0 Å². The summed E-state index contributed by atoms with van der Waals surface area (Å²) < 4.78 is 0. The third kappa shape index (κ3) is 2.01. The summed E-state index contributed by atoms with van der Waals surface area (Å²) >= 11 is 0. The highest BCUT2D eigenvalue weighted by molar-refractivity contribution is 5.22. The van der Waals surface area contributed by atoms with E-state index < -0.39 is 0 Å². The monoisotopic (exact) mass is 316 g/mol. The summed E-state index contributed by atoms with van der Waals surface area (Å²) in [5.74, 6) is 2.70. The van der Waals surface area contributed by atoms with E-state index in [0.717, 1.165) is 36.7 Å². The van der Waals surface area contributed by atoms with E-state index in [4.69, 9.17) is 0 Å². The van der Waals surface area contributed by atoms with Crippen molar-refractivity contribution >= 4 is 0 Å². The highest BCUT2D eigenvalue weighted by Crippen LogP contribution is 2.66. The molecular formula is C21H32O2. The molecule has 23 heavy (non-hydrogen) atoms. The lowest BCUT2D eigenvalue weighted by molar-refractivity contribution is -0.117. The fourth-order valence-electron chi connectivity index (χ4n) is 7.38. The molecule has 0 aromatic heterocycles. The van der Waals surface area contributed by atoms with Crippen molar-refractivity contribution in [1.29, 1.82) is 0 Å². The van der Waals surface area contributed by atoms with Crippen molar-refractivity contribution in [2.75, 3.05) is 0 Å². The van der Waals surface area contributed by atoms with E-state index in [-0.39, 0.29) is 17.6 Å². The van der Waals surface area contributed by atoms with Crippen LogP contribution in [0.15, 0.2) is 17.9 Å². The molecule has 4 rings (SSSR count). The van der Waals surface area contributed by atoms with Gasteiger partial charge in [-0.05, 0) is 85.9 Å². The molecule has 0 amide bonds. The van der Waals surface area contributed by atoms with Crippen molar-refractivity contribution in [3.8, 4) is 0 Å². The quantitative estimate of drug-likeness (QED) is 0.661. The molecule has 0 radical (unpaired) electrons. The molecule has 0 heterocycles. The maximum Gasteiger partial charge on any atom is 0.0826 e. The Morgan fingerprint density at radius 1 is 0.913 bits per heavy atom. The minimum absolute atomic E-state index is 0.0872. The van der Waals surface area contributed by atoms with Crippen molar-refractivity contribution in [3.05, 3.63) is 17.9 Å². The first kappa shape index (κ1) is 15.9. The van der Waals surface area contributed by atoms with Crippen molar-refractivity contribution < 1.29 is 10.2 Å². The minimum Gasteiger partial charge on any atom is -0.393 e. The number of aliphatic hydroxyl groups is 2. The second-order valence-corrected chi connectivity index (χ2v) is 9.34. The molecule has 4 saturated carbocycles. The average molecular weight is 316 g/mol. The Labute approximate surface area is 140 Å². The predicted molar refractivity (Wildman–Crippen MR) is 91.8 cm³/mol. The molecule has 2 heteroatoms. The molecule has 0 aliphatic heterocycles. The van der Waals surface area contributed by atoms with Gasteiger partial charge in [0.1, 0.15) is 0 Å². The van der Waals surface area contributed by atoms with Crippen LogP contribution in [0.1, 0.15) is 65.2 Å². The molecule has 0 aromatic rings. The van der Waals surface area contributed by atoms with Crippen LogP contribution >= 0.6 is 0 Å². The third-order valence-electron chi connectivity index (χ3n) is 8.71. The number of hydrogen-bond acceptors (Lipinski definition) is 2. The second kappa shape index (κ2) is 5.22. The fourth-order valence-corrected chi connectivity index (χ4v) is 7.38. The molecule has 3 unspecified atom stereocenters. The molecule has 8 atom stereocenters. The molecular weight excluding hydrogens is 284 g/mol.